The fourth-order valence-corrected chi connectivity index (χ4v) is 4.47. The number of carbonyl (C=O) groups excluding carboxylic acids is 3. The quantitative estimate of drug-likeness (QED) is 0.405. The van der Waals surface area contributed by atoms with Gasteiger partial charge in [-0.3, -0.25) is 14.9 Å². The fraction of sp³-hybridized carbons (Fsp3) is 0.154. The van der Waals surface area contributed by atoms with Crippen molar-refractivity contribution in [3.05, 3.63) is 86.7 Å². The smallest absolute Gasteiger partial charge is 0.337 e. The van der Waals surface area contributed by atoms with Crippen LogP contribution < -0.4 is 10.2 Å². The molecule has 1 saturated heterocycles. The predicted molar refractivity (Wildman–Crippen MR) is 132 cm³/mol. The second-order valence-corrected chi connectivity index (χ2v) is 8.84. The zero-order valence-corrected chi connectivity index (χ0v) is 20.2. The van der Waals surface area contributed by atoms with Crippen LogP contribution in [0.15, 0.2) is 48.0 Å². The number of carbonyl (C=O) groups is 4. The van der Waals surface area contributed by atoms with Crippen molar-refractivity contribution in [2.75, 3.05) is 4.90 Å². The number of imide groups is 2. The number of carboxylic acid groups (broad SMARTS) is 1. The molecule has 0 spiro atoms. The van der Waals surface area contributed by atoms with Gasteiger partial charge in [-0.2, -0.15) is 0 Å². The average Bonchev–Trinajstić information content (AvgIpc) is 3.03. The van der Waals surface area contributed by atoms with Crippen LogP contribution in [0, 0.1) is 27.7 Å². The number of aryl methyl sites for hydroxylation is 3. The van der Waals surface area contributed by atoms with E-state index in [4.69, 9.17) is 11.6 Å². The lowest BCUT2D eigenvalue weighted by Crippen LogP contribution is -2.54. The summed E-state index contributed by atoms with van der Waals surface area (Å²) in [6.45, 7) is 7.31. The van der Waals surface area contributed by atoms with E-state index in [0.717, 1.165) is 21.7 Å². The van der Waals surface area contributed by atoms with Gasteiger partial charge in [-0.15, -0.1) is 0 Å². The van der Waals surface area contributed by atoms with Gasteiger partial charge in [0.25, 0.3) is 11.8 Å². The topological polar surface area (TPSA) is 109 Å². The molecule has 0 bridgehead atoms. The minimum Gasteiger partial charge on any atom is -0.478 e. The van der Waals surface area contributed by atoms with Crippen LogP contribution in [0.4, 0.5) is 10.5 Å². The van der Waals surface area contributed by atoms with E-state index < -0.39 is 23.8 Å². The Labute approximate surface area is 206 Å². The number of urea groups is 1. The molecule has 1 fully saturated rings. The summed E-state index contributed by atoms with van der Waals surface area (Å²) in [5.41, 5.74) is 4.44. The van der Waals surface area contributed by atoms with Crippen LogP contribution in [0.2, 0.25) is 5.02 Å². The highest BCUT2D eigenvalue weighted by Gasteiger charge is 2.37. The third kappa shape index (κ3) is 4.36. The molecule has 8 nitrogen and oxygen atoms in total. The van der Waals surface area contributed by atoms with E-state index in [1.807, 2.05) is 26.8 Å². The van der Waals surface area contributed by atoms with E-state index in [0.29, 0.717) is 22.6 Å². The number of aromatic carboxylic acids is 1. The van der Waals surface area contributed by atoms with Crippen molar-refractivity contribution in [1.82, 2.24) is 9.88 Å². The normalized spacial score (nSPS) is 15.1. The third-order valence-electron chi connectivity index (χ3n) is 5.77. The Morgan fingerprint density at radius 2 is 1.60 bits per heavy atom. The van der Waals surface area contributed by atoms with E-state index >= 15 is 0 Å². The third-order valence-corrected chi connectivity index (χ3v) is 6.10. The molecule has 3 aromatic rings. The fourth-order valence-electron chi connectivity index (χ4n) is 4.27. The Morgan fingerprint density at radius 3 is 2.23 bits per heavy atom. The maximum Gasteiger partial charge on any atom is 0.337 e. The largest absolute Gasteiger partial charge is 0.478 e. The summed E-state index contributed by atoms with van der Waals surface area (Å²) in [5.74, 6) is -2.67. The molecule has 0 aliphatic carbocycles. The van der Waals surface area contributed by atoms with Crippen LogP contribution in [-0.4, -0.2) is 33.5 Å². The molecule has 0 radical (unpaired) electrons. The van der Waals surface area contributed by atoms with Gasteiger partial charge in [0, 0.05) is 17.1 Å². The molecule has 1 aliphatic heterocycles. The number of anilines is 1. The molecular formula is C26H22ClN3O5. The highest BCUT2D eigenvalue weighted by molar-refractivity contribution is 6.39. The first-order chi connectivity index (χ1) is 16.5. The van der Waals surface area contributed by atoms with E-state index in [9.17, 15) is 24.3 Å². The summed E-state index contributed by atoms with van der Waals surface area (Å²) >= 11 is 6.01. The highest BCUT2D eigenvalue weighted by atomic mass is 35.5. The predicted octanol–water partition coefficient (Wildman–Crippen LogP) is 4.73. The first-order valence-electron chi connectivity index (χ1n) is 10.7. The minimum absolute atomic E-state index is 0.0407. The van der Waals surface area contributed by atoms with Crippen LogP contribution in [0.1, 0.15) is 38.4 Å². The van der Waals surface area contributed by atoms with Gasteiger partial charge >= 0.3 is 12.0 Å². The number of benzene rings is 2. The summed E-state index contributed by atoms with van der Waals surface area (Å²) in [6.07, 6.45) is 1.44. The zero-order chi connectivity index (χ0) is 25.6. The van der Waals surface area contributed by atoms with Crippen LogP contribution in [-0.2, 0) is 9.59 Å². The maximum absolute atomic E-state index is 13.3. The molecule has 35 heavy (non-hydrogen) atoms. The maximum atomic E-state index is 13.3. The standard InChI is InChI=1S/C26H22ClN3O5/c1-13-7-14(2)9-19(8-13)30-24(32)21(23(31)28-26(30)35)11-17-10-15(3)29(16(17)4)18-5-6-22(27)20(12-18)25(33)34/h5-12H,1-4H3,(H,33,34)(H,28,31,35)/b21-11+. The number of amides is 4. The molecular weight excluding hydrogens is 470 g/mol. The van der Waals surface area contributed by atoms with Gasteiger partial charge in [0.2, 0.25) is 0 Å². The number of aromatic nitrogens is 1. The van der Waals surface area contributed by atoms with Crippen LogP contribution in [0.5, 0.6) is 0 Å². The van der Waals surface area contributed by atoms with Gasteiger partial charge in [0.05, 0.1) is 16.3 Å². The molecule has 0 saturated carbocycles. The number of barbiturate groups is 1. The van der Waals surface area contributed by atoms with E-state index in [-0.39, 0.29) is 16.2 Å². The summed E-state index contributed by atoms with van der Waals surface area (Å²) in [4.78, 5) is 50.9. The van der Waals surface area contributed by atoms with Crippen molar-refractivity contribution in [1.29, 1.82) is 0 Å². The highest BCUT2D eigenvalue weighted by Crippen LogP contribution is 2.28. The molecule has 2 N–H and O–H groups in total. The first kappa shape index (κ1) is 24.0. The summed E-state index contributed by atoms with van der Waals surface area (Å²) in [6, 6.07) is 10.9. The number of rotatable bonds is 4. The Hall–Kier alpha value is -4.17. The average molecular weight is 492 g/mol. The number of nitrogens with one attached hydrogen (secondary N) is 1. The lowest BCUT2D eigenvalue weighted by Gasteiger charge is -2.27. The number of halogens is 1. The number of carboxylic acids is 1. The number of nitrogens with zero attached hydrogens (tertiary/aromatic N) is 2. The molecule has 4 rings (SSSR count). The lowest BCUT2D eigenvalue weighted by molar-refractivity contribution is -0.122. The first-order valence-corrected chi connectivity index (χ1v) is 11.1. The molecule has 0 atom stereocenters. The Kier molecular flexibility index (Phi) is 6.08. The summed E-state index contributed by atoms with van der Waals surface area (Å²) in [5, 5.41) is 11.8. The number of hydrogen-bond acceptors (Lipinski definition) is 4. The van der Waals surface area contributed by atoms with E-state index in [1.165, 1.54) is 18.2 Å². The van der Waals surface area contributed by atoms with Gasteiger partial charge in [0.1, 0.15) is 5.57 Å². The van der Waals surface area contributed by atoms with Gasteiger partial charge in [-0.1, -0.05) is 17.7 Å². The second kappa shape index (κ2) is 8.88. The molecule has 1 aliphatic rings. The lowest BCUT2D eigenvalue weighted by atomic mass is 10.1. The van der Waals surface area contributed by atoms with E-state index in [1.54, 1.807) is 35.8 Å². The van der Waals surface area contributed by atoms with Crippen molar-refractivity contribution < 1.29 is 24.3 Å². The van der Waals surface area contributed by atoms with Crippen LogP contribution in [0.25, 0.3) is 11.8 Å². The van der Waals surface area contributed by atoms with Gasteiger partial charge in [0.15, 0.2) is 0 Å². The Balaban J connectivity index is 1.79. The molecule has 9 heteroatoms. The van der Waals surface area contributed by atoms with Crippen LogP contribution in [0.3, 0.4) is 0 Å². The van der Waals surface area contributed by atoms with Crippen molar-refractivity contribution in [2.45, 2.75) is 27.7 Å². The van der Waals surface area contributed by atoms with Gasteiger partial charge in [-0.25, -0.2) is 14.5 Å². The minimum atomic E-state index is -1.15. The second-order valence-electron chi connectivity index (χ2n) is 8.43. The van der Waals surface area contributed by atoms with Crippen molar-refractivity contribution in [3.63, 3.8) is 0 Å². The molecule has 178 valence electrons. The SMILES string of the molecule is Cc1cc(C)cc(N2C(=O)NC(=O)/C(=C\c3cc(C)n(-c4ccc(Cl)c(C(=O)O)c4)c3C)C2=O)c1. The monoisotopic (exact) mass is 491 g/mol. The zero-order valence-electron chi connectivity index (χ0n) is 19.5. The summed E-state index contributed by atoms with van der Waals surface area (Å²) < 4.78 is 1.80. The molecule has 0 unspecified atom stereocenters. The van der Waals surface area contributed by atoms with E-state index in [2.05, 4.69) is 5.32 Å². The number of hydrogen-bond donors (Lipinski definition) is 2. The van der Waals surface area contributed by atoms with Crippen molar-refractivity contribution in [2.24, 2.45) is 0 Å². The Bertz CT molecular complexity index is 1450. The molecule has 4 amide bonds. The molecule has 2 heterocycles. The van der Waals surface area contributed by atoms with Crippen molar-refractivity contribution >= 4 is 47.2 Å². The van der Waals surface area contributed by atoms with Crippen molar-refractivity contribution in [3.8, 4) is 5.69 Å². The molecule has 1 aromatic heterocycles. The van der Waals surface area contributed by atoms with Crippen LogP contribution >= 0.6 is 11.6 Å². The Morgan fingerprint density at radius 1 is 0.943 bits per heavy atom. The summed E-state index contributed by atoms with van der Waals surface area (Å²) in [7, 11) is 0. The van der Waals surface area contributed by atoms with Gasteiger partial charge < -0.3 is 9.67 Å². The van der Waals surface area contributed by atoms with Gasteiger partial charge in [-0.05, 0) is 86.9 Å². The molecule has 2 aromatic carbocycles.